The van der Waals surface area contributed by atoms with Gasteiger partial charge in [-0.2, -0.15) is 0 Å². The van der Waals surface area contributed by atoms with Gasteiger partial charge in [-0.25, -0.2) is 9.59 Å². The number of nitrogens with zero attached hydrogens (tertiary/aromatic N) is 1. The third-order valence-electron chi connectivity index (χ3n) is 2.89. The van der Waals surface area contributed by atoms with Gasteiger partial charge in [0.1, 0.15) is 4.32 Å². The highest BCUT2D eigenvalue weighted by Gasteiger charge is 2.22. The van der Waals surface area contributed by atoms with E-state index >= 15 is 0 Å². The molecule has 23 heavy (non-hydrogen) atoms. The molecule has 0 saturated heterocycles. The molecule has 0 aliphatic rings. The highest BCUT2D eigenvalue weighted by atomic mass is 32.1. The fraction of sp³-hybridized carbons (Fsp3) is 0.188. The Hall–Kier alpha value is -2.12. The quantitative estimate of drug-likeness (QED) is 0.279. The molecule has 0 amide bonds. The molecule has 7 heteroatoms. The maximum Gasteiger partial charge on any atom is 0.340 e. The SMILES string of the molecule is C=C(C(=O)OC)C(=CN(Cc1ccccc1)C(=S)S)C(=O)OC. The van der Waals surface area contributed by atoms with E-state index in [1.54, 1.807) is 0 Å². The molecule has 5 nitrogen and oxygen atoms in total. The first-order chi connectivity index (χ1) is 10.9. The summed E-state index contributed by atoms with van der Waals surface area (Å²) in [6.45, 7) is 3.95. The Kier molecular flexibility index (Phi) is 7.50. The van der Waals surface area contributed by atoms with Crippen molar-refractivity contribution >= 4 is 41.1 Å². The summed E-state index contributed by atoms with van der Waals surface area (Å²) in [5.74, 6) is -1.45. The van der Waals surface area contributed by atoms with E-state index in [1.165, 1.54) is 25.3 Å². The van der Waals surface area contributed by atoms with Crippen LogP contribution in [0.1, 0.15) is 5.56 Å². The largest absolute Gasteiger partial charge is 0.465 e. The molecule has 1 aromatic rings. The van der Waals surface area contributed by atoms with E-state index in [2.05, 4.69) is 28.7 Å². The molecule has 0 fully saturated rings. The van der Waals surface area contributed by atoms with E-state index in [0.29, 0.717) is 6.54 Å². The molecule has 122 valence electrons. The Morgan fingerprint density at radius 3 is 2.26 bits per heavy atom. The molecule has 0 aliphatic carbocycles. The van der Waals surface area contributed by atoms with Gasteiger partial charge in [0.15, 0.2) is 0 Å². The minimum Gasteiger partial charge on any atom is -0.465 e. The van der Waals surface area contributed by atoms with Crippen LogP contribution in [0.4, 0.5) is 0 Å². The third-order valence-corrected chi connectivity index (χ3v) is 3.38. The molecular weight excluding hydrogens is 334 g/mol. The van der Waals surface area contributed by atoms with Gasteiger partial charge < -0.3 is 14.4 Å². The molecule has 0 bridgehead atoms. The summed E-state index contributed by atoms with van der Waals surface area (Å²) >= 11 is 9.24. The van der Waals surface area contributed by atoms with Crippen LogP contribution in [0.25, 0.3) is 0 Å². The van der Waals surface area contributed by atoms with Crippen LogP contribution in [0.3, 0.4) is 0 Å². The van der Waals surface area contributed by atoms with Gasteiger partial charge in [-0.1, -0.05) is 49.1 Å². The first-order valence-electron chi connectivity index (χ1n) is 6.52. The van der Waals surface area contributed by atoms with Gasteiger partial charge in [0.25, 0.3) is 0 Å². The zero-order valence-corrected chi connectivity index (χ0v) is 14.5. The number of carbonyl (C=O) groups excluding carboxylic acids is 2. The van der Waals surface area contributed by atoms with Crippen LogP contribution >= 0.6 is 24.8 Å². The predicted octanol–water partition coefficient (Wildman–Crippen LogP) is 2.49. The fourth-order valence-electron chi connectivity index (χ4n) is 1.70. The number of rotatable bonds is 6. The maximum absolute atomic E-state index is 11.9. The van der Waals surface area contributed by atoms with Crippen LogP contribution in [0.15, 0.2) is 54.3 Å². The molecule has 0 atom stereocenters. The van der Waals surface area contributed by atoms with Crippen LogP contribution < -0.4 is 0 Å². The van der Waals surface area contributed by atoms with Crippen LogP contribution in [-0.2, 0) is 25.6 Å². The van der Waals surface area contributed by atoms with Crippen molar-refractivity contribution < 1.29 is 19.1 Å². The zero-order valence-electron chi connectivity index (χ0n) is 12.8. The Morgan fingerprint density at radius 2 is 1.78 bits per heavy atom. The summed E-state index contributed by atoms with van der Waals surface area (Å²) in [5.41, 5.74) is 0.779. The average Bonchev–Trinajstić information content (AvgIpc) is 2.57. The van der Waals surface area contributed by atoms with Gasteiger partial charge in [-0.3, -0.25) is 0 Å². The lowest BCUT2D eigenvalue weighted by Gasteiger charge is -2.20. The Morgan fingerprint density at radius 1 is 1.22 bits per heavy atom. The summed E-state index contributed by atoms with van der Waals surface area (Å²) in [5, 5.41) is 0. The number of esters is 2. The molecule has 1 rings (SSSR count). The molecule has 0 unspecified atom stereocenters. The van der Waals surface area contributed by atoms with Crippen LogP contribution in [0.2, 0.25) is 0 Å². The van der Waals surface area contributed by atoms with E-state index in [-0.39, 0.29) is 15.5 Å². The molecule has 0 saturated carbocycles. The summed E-state index contributed by atoms with van der Waals surface area (Å²) in [6.07, 6.45) is 1.38. The first-order valence-corrected chi connectivity index (χ1v) is 7.37. The Labute approximate surface area is 146 Å². The lowest BCUT2D eigenvalue weighted by molar-refractivity contribution is -0.139. The van der Waals surface area contributed by atoms with Gasteiger partial charge in [-0.05, 0) is 5.56 Å². The third kappa shape index (κ3) is 5.54. The van der Waals surface area contributed by atoms with Gasteiger partial charge in [0, 0.05) is 12.7 Å². The zero-order chi connectivity index (χ0) is 17.4. The highest BCUT2D eigenvalue weighted by Crippen LogP contribution is 2.16. The van der Waals surface area contributed by atoms with E-state index < -0.39 is 11.9 Å². The topological polar surface area (TPSA) is 55.8 Å². The van der Waals surface area contributed by atoms with Crippen molar-refractivity contribution in [3.63, 3.8) is 0 Å². The van der Waals surface area contributed by atoms with E-state index in [9.17, 15) is 9.59 Å². The molecule has 0 aliphatic heterocycles. The molecule has 0 radical (unpaired) electrons. The van der Waals surface area contributed by atoms with Gasteiger partial charge in [-0.15, -0.1) is 12.6 Å². The van der Waals surface area contributed by atoms with Gasteiger partial charge in [0.2, 0.25) is 0 Å². The second-order valence-electron chi connectivity index (χ2n) is 4.40. The van der Waals surface area contributed by atoms with E-state index in [4.69, 9.17) is 12.2 Å². The predicted molar refractivity (Wildman–Crippen MR) is 94.8 cm³/mol. The molecule has 0 aromatic heterocycles. The minimum atomic E-state index is -0.730. The van der Waals surface area contributed by atoms with Crippen molar-refractivity contribution in [3.8, 4) is 0 Å². The standard InChI is InChI=1S/C16H17NO4S2/c1-11(14(18)20-2)13(15(19)21-3)10-17(16(22)23)9-12-7-5-4-6-8-12/h4-8,10H,1,9H2,2-3H3,(H,22,23). The van der Waals surface area contributed by atoms with Crippen LogP contribution in [-0.4, -0.2) is 35.4 Å². The maximum atomic E-state index is 11.9. The lowest BCUT2D eigenvalue weighted by atomic mass is 10.1. The van der Waals surface area contributed by atoms with Crippen LogP contribution in [0, 0.1) is 0 Å². The number of methoxy groups -OCH3 is 2. The number of thiocarbonyl (C=S) groups is 1. The summed E-state index contributed by atoms with van der Waals surface area (Å²) in [7, 11) is 2.41. The van der Waals surface area contributed by atoms with Crippen molar-refractivity contribution in [2.75, 3.05) is 14.2 Å². The number of benzene rings is 1. The normalized spacial score (nSPS) is 10.7. The van der Waals surface area contributed by atoms with E-state index in [1.807, 2.05) is 30.3 Å². The van der Waals surface area contributed by atoms with Crippen LogP contribution in [0.5, 0.6) is 0 Å². The van der Waals surface area contributed by atoms with Gasteiger partial charge >= 0.3 is 11.9 Å². The highest BCUT2D eigenvalue weighted by molar-refractivity contribution is 8.10. The summed E-state index contributed by atoms with van der Waals surface area (Å²) in [4.78, 5) is 25.1. The number of hydrogen-bond donors (Lipinski definition) is 1. The number of hydrogen-bond acceptors (Lipinski definition) is 5. The number of carbonyl (C=O) groups is 2. The minimum absolute atomic E-state index is 0.0494. The lowest BCUT2D eigenvalue weighted by Crippen LogP contribution is -2.23. The Balaban J connectivity index is 3.17. The second kappa shape index (κ2) is 9.12. The summed E-state index contributed by atoms with van der Waals surface area (Å²) < 4.78 is 9.51. The average molecular weight is 351 g/mol. The fourth-order valence-corrected chi connectivity index (χ4v) is 1.95. The molecule has 0 spiro atoms. The monoisotopic (exact) mass is 351 g/mol. The smallest absolute Gasteiger partial charge is 0.340 e. The first kappa shape index (κ1) is 18.9. The second-order valence-corrected chi connectivity index (χ2v) is 5.51. The van der Waals surface area contributed by atoms with Crippen molar-refractivity contribution in [1.82, 2.24) is 4.90 Å². The molecule has 0 N–H and O–H groups in total. The number of ether oxygens (including phenoxy) is 2. The summed E-state index contributed by atoms with van der Waals surface area (Å²) in [6, 6.07) is 9.46. The molecule has 1 aromatic carbocycles. The van der Waals surface area contributed by atoms with Gasteiger partial charge in [0.05, 0.1) is 25.4 Å². The number of thiol groups is 1. The van der Waals surface area contributed by atoms with E-state index in [0.717, 1.165) is 5.56 Å². The van der Waals surface area contributed by atoms with Crippen molar-refractivity contribution in [2.45, 2.75) is 6.54 Å². The molecule has 0 heterocycles. The van der Waals surface area contributed by atoms with Crippen molar-refractivity contribution in [1.29, 1.82) is 0 Å². The van der Waals surface area contributed by atoms with Crippen molar-refractivity contribution in [2.24, 2.45) is 0 Å². The van der Waals surface area contributed by atoms with Crippen molar-refractivity contribution in [3.05, 3.63) is 59.8 Å². The Bertz CT molecular complexity index is 641. The molecular formula is C16H17NO4S2.